The number of ketones is 2. The van der Waals surface area contributed by atoms with E-state index in [2.05, 4.69) is 37.2 Å². The summed E-state index contributed by atoms with van der Waals surface area (Å²) in [6.45, 7) is 19.0. The molecule has 35 nitrogen and oxygen atoms in total. The van der Waals surface area contributed by atoms with Gasteiger partial charge in [0.05, 0.1) is 179 Å². The lowest BCUT2D eigenvalue weighted by Gasteiger charge is -2.64. The van der Waals surface area contributed by atoms with Crippen LogP contribution in [0.5, 0.6) is 0 Å². The topological polar surface area (TPSA) is 442 Å². The number of hydrogen-bond donors (Lipinski definition) is 8. The van der Waals surface area contributed by atoms with Crippen LogP contribution < -0.4 is 37.2 Å². The van der Waals surface area contributed by atoms with E-state index < -0.39 is 143 Å². The van der Waals surface area contributed by atoms with Gasteiger partial charge in [0, 0.05) is 66.0 Å². The second kappa shape index (κ2) is 56.0. The number of amides is 9. The molecule has 702 valence electrons. The maximum atomic E-state index is 14.7. The van der Waals surface area contributed by atoms with E-state index in [1.807, 2.05) is 32.9 Å². The Morgan fingerprint density at radius 3 is 1.48 bits per heavy atom. The number of nitrogens with one attached hydrogen (secondary N) is 7. The lowest BCUT2D eigenvalue weighted by molar-refractivity contribution is -0.203. The number of aliphatic hydroxyl groups excluding tert-OH is 1. The summed E-state index contributed by atoms with van der Waals surface area (Å²) in [6.07, 6.45) is 5.45. The lowest BCUT2D eigenvalue weighted by atomic mass is 9.45. The van der Waals surface area contributed by atoms with Gasteiger partial charge in [0.2, 0.25) is 47.1 Å². The van der Waals surface area contributed by atoms with Crippen LogP contribution in [0.1, 0.15) is 113 Å². The van der Waals surface area contributed by atoms with Gasteiger partial charge in [-0.05, 0) is 114 Å². The van der Waals surface area contributed by atoms with Crippen LogP contribution in [0.3, 0.4) is 0 Å². The highest BCUT2D eigenvalue weighted by Crippen LogP contribution is 2.72. The molecule has 2 aromatic rings. The summed E-state index contributed by atoms with van der Waals surface area (Å²) in [6, 6.07) is 13.0. The number of aliphatic hydroxyl groups is 1. The van der Waals surface area contributed by atoms with E-state index in [0.717, 1.165) is 34.0 Å². The summed E-state index contributed by atoms with van der Waals surface area (Å²) in [5.74, 6) is -8.61. The van der Waals surface area contributed by atoms with Gasteiger partial charge < -0.3 is 109 Å². The molecule has 3 saturated carbocycles. The summed E-state index contributed by atoms with van der Waals surface area (Å²) < 4.78 is 77.4. The number of carbonyl (C=O) groups excluding carboxylic acids is 12. The predicted molar refractivity (Wildman–Crippen MR) is 464 cm³/mol. The van der Waals surface area contributed by atoms with Gasteiger partial charge in [-0.25, -0.2) is 0 Å². The Bertz CT molecular complexity index is 3870. The van der Waals surface area contributed by atoms with Gasteiger partial charge in [0.15, 0.2) is 11.4 Å². The number of carbonyl (C=O) groups is 12. The molecule has 1 unspecified atom stereocenters. The summed E-state index contributed by atoms with van der Waals surface area (Å²) in [4.78, 5) is 164. The maximum absolute atomic E-state index is 14.7. The highest BCUT2D eigenvalue weighted by Gasteiger charge is 2.76. The molecule has 38 heteroatoms. The molecule has 2 aromatic carbocycles. The molecule has 7 rings (SSSR count). The number of rotatable bonds is 65. The zero-order valence-electron chi connectivity index (χ0n) is 73.7. The molecule has 0 aromatic heterocycles. The zero-order chi connectivity index (χ0) is 91.3. The number of hydrogen-bond acceptors (Lipinski definition) is 29. The second-order valence-electron chi connectivity index (χ2n) is 31.3. The first-order chi connectivity index (χ1) is 60.6. The third kappa shape index (κ3) is 32.2. The minimum atomic E-state index is -1.74. The van der Waals surface area contributed by atoms with Crippen molar-refractivity contribution in [2.75, 3.05) is 192 Å². The fraction of sp³-hybridized carbons (Fsp3) is 0.659. The SMILES string of the molecule is CCC(=O)O[C@]1(C(=O)COCNC(=O)CNC(=O)[C@H](C)NC(=O)[C@H](C)NC(=O)[C@H](C)NC(=O)[C@H](CCCCNC(=O)CCOCCOCCOCCOCCOCCOCCOCCOCCOCCOCCOCCOC)NC(=O)CCN2C(=O)C(Sc3ccccc3)=C(Sc3ccccc3)C2=O)[C@@H](C)CC2[C@@H]3CCC4=CC(=O)C=C[C@]4(C)[C@@]3(Cl)[C@@H](O)C[C@@]21C. The van der Waals surface area contributed by atoms with Crippen molar-refractivity contribution in [3.05, 3.63) is 94.3 Å². The molecule has 9 amide bonds. The Morgan fingerprint density at radius 1 is 0.548 bits per heavy atom. The number of esters is 1. The Labute approximate surface area is 751 Å². The molecule has 126 heavy (non-hydrogen) atoms. The Hall–Kier alpha value is -7.67. The molecule has 0 saturated heterocycles. The number of fused-ring (bicyclic) bond motifs is 5. The van der Waals surface area contributed by atoms with Crippen LogP contribution >= 0.6 is 35.1 Å². The third-order valence-corrected chi connectivity index (χ3v) is 25.8. The van der Waals surface area contributed by atoms with Crippen molar-refractivity contribution in [3.8, 4) is 0 Å². The minimum absolute atomic E-state index is 0.00107. The van der Waals surface area contributed by atoms with Crippen molar-refractivity contribution in [1.29, 1.82) is 0 Å². The number of allylic oxidation sites excluding steroid dienone is 4. The van der Waals surface area contributed by atoms with E-state index >= 15 is 0 Å². The van der Waals surface area contributed by atoms with E-state index in [4.69, 9.17) is 77.9 Å². The molecule has 0 spiro atoms. The van der Waals surface area contributed by atoms with Gasteiger partial charge in [-0.1, -0.05) is 99.3 Å². The molecule has 8 N–H and O–H groups in total. The van der Waals surface area contributed by atoms with Crippen molar-refractivity contribution in [2.45, 2.75) is 163 Å². The average molecular weight is 1830 g/mol. The molecule has 1 aliphatic heterocycles. The molecule has 0 bridgehead atoms. The fourth-order valence-electron chi connectivity index (χ4n) is 15.9. The van der Waals surface area contributed by atoms with E-state index in [0.29, 0.717) is 168 Å². The highest BCUT2D eigenvalue weighted by molar-refractivity contribution is 8.08. The normalized spacial score (nSPS) is 22.2. The largest absolute Gasteiger partial charge is 0.450 e. The summed E-state index contributed by atoms with van der Waals surface area (Å²) >= 11 is 9.91. The molecule has 0 radical (unpaired) electrons. The Balaban J connectivity index is 0.769. The maximum Gasteiger partial charge on any atom is 0.306 e. The van der Waals surface area contributed by atoms with Gasteiger partial charge in [-0.15, -0.1) is 11.6 Å². The average Bonchev–Trinajstić information content (AvgIpc) is 1.45. The van der Waals surface area contributed by atoms with Crippen LogP contribution in [-0.2, 0) is 124 Å². The summed E-state index contributed by atoms with van der Waals surface area (Å²) in [7, 11) is 1.63. The first-order valence-corrected chi connectivity index (χ1v) is 45.2. The van der Waals surface area contributed by atoms with Crippen molar-refractivity contribution >= 4 is 106 Å². The highest BCUT2D eigenvalue weighted by atomic mass is 35.5. The number of thioether (sulfide) groups is 2. The zero-order valence-corrected chi connectivity index (χ0v) is 76.1. The number of alkyl halides is 1. The van der Waals surface area contributed by atoms with Gasteiger partial charge >= 0.3 is 5.97 Å². The van der Waals surface area contributed by atoms with E-state index in [1.165, 1.54) is 26.8 Å². The molecular weight excluding hydrogens is 1700 g/mol. The van der Waals surface area contributed by atoms with E-state index in [1.54, 1.807) is 74.7 Å². The number of nitrogens with zero attached hydrogens (tertiary/aromatic N) is 1. The fourth-order valence-corrected chi connectivity index (χ4v) is 18.5. The third-order valence-electron chi connectivity index (χ3n) is 22.5. The molecule has 3 fully saturated rings. The summed E-state index contributed by atoms with van der Waals surface area (Å²) in [5, 5.41) is 30.2. The van der Waals surface area contributed by atoms with Crippen molar-refractivity contribution < 1.29 is 129 Å². The molecule has 5 aliphatic rings. The minimum Gasteiger partial charge on any atom is -0.450 e. The molecule has 12 atom stereocenters. The van der Waals surface area contributed by atoms with Gasteiger partial charge in [0.1, 0.15) is 37.5 Å². The standard InChI is InChI=1S/C88H129ClN8O27S2/c1-9-76(104)124-88(60(2)54-69-68-24-23-64-55-65(98)25-28-85(64,6)87(68,89)71(99)56-86(69,88)7)72(100)58-123-59-92-75(103)57-91-79(105)61(3)93-80(106)62(4)94-81(107)63(5)95-82(108)70(96-74(102)26-30-97-83(109)77(125-66-18-12-10-13-19-66)78(84(97)110)126-67-20-14-11-15-21-67)22-16-17-29-90-73(101)27-31-112-34-35-114-38-39-116-42-43-118-46-47-120-50-51-122-53-52-121-49-48-119-45-44-117-41-40-115-37-36-113-33-32-111-8/h10-15,18-21,25,28,55,60-63,68-71,99H,9,16-17,22-24,26-27,29-54,56-59H2,1-8H3,(H,90,101)(H,91,105)(H,92,103)(H,93,106)(H,94,107)(H,95,108)(H,96,102)/t60-,61-,62-,63-,68-,69?,70-,71-,85-,86-,87-,88-/m0/s1. The monoisotopic (exact) mass is 1830 g/mol. The van der Waals surface area contributed by atoms with Gasteiger partial charge in [0.25, 0.3) is 11.8 Å². The first kappa shape index (κ1) is 105. The van der Waals surface area contributed by atoms with Crippen molar-refractivity contribution in [2.24, 2.45) is 28.6 Å². The number of benzene rings is 2. The quantitative estimate of drug-likeness (QED) is 0.0149. The van der Waals surface area contributed by atoms with Gasteiger partial charge in [-0.3, -0.25) is 62.4 Å². The smallest absolute Gasteiger partial charge is 0.306 e. The number of methoxy groups -OCH3 is 1. The number of halogens is 1. The number of ether oxygens (including phenoxy) is 14. The first-order valence-electron chi connectivity index (χ1n) is 43.2. The van der Waals surface area contributed by atoms with Crippen molar-refractivity contribution in [1.82, 2.24) is 42.1 Å². The van der Waals surface area contributed by atoms with Crippen LogP contribution in [0.15, 0.2) is 104 Å². The number of Topliss-reactive ketones (excluding diaryl/α,β-unsaturated/α-hetero) is 1. The van der Waals surface area contributed by atoms with E-state index in [-0.39, 0.29) is 98.4 Å². The van der Waals surface area contributed by atoms with Crippen LogP contribution in [0.4, 0.5) is 0 Å². The van der Waals surface area contributed by atoms with E-state index in [9.17, 15) is 62.6 Å². The summed E-state index contributed by atoms with van der Waals surface area (Å²) in [5.41, 5.74) is -2.86. The molecule has 1 heterocycles. The van der Waals surface area contributed by atoms with Crippen LogP contribution in [-0.4, -0.2) is 313 Å². The van der Waals surface area contributed by atoms with Crippen LogP contribution in [0.2, 0.25) is 0 Å². The number of unbranched alkanes of at least 4 members (excludes halogenated alkanes) is 1. The van der Waals surface area contributed by atoms with Crippen molar-refractivity contribution in [3.63, 3.8) is 0 Å². The van der Waals surface area contributed by atoms with Gasteiger partial charge in [-0.2, -0.15) is 0 Å². The molecular formula is C88H129ClN8O27S2. The predicted octanol–water partition coefficient (Wildman–Crippen LogP) is 4.40. The Kier molecular flexibility index (Phi) is 46.9. The second-order valence-corrected chi connectivity index (χ2v) is 34.1. The lowest BCUT2D eigenvalue weighted by Crippen LogP contribution is -2.69. The Morgan fingerprint density at radius 2 is 1.01 bits per heavy atom. The van der Waals surface area contributed by atoms with Crippen LogP contribution in [0.25, 0.3) is 0 Å². The van der Waals surface area contributed by atoms with Crippen LogP contribution in [0, 0.1) is 28.6 Å². The number of imide groups is 1. The molecule has 4 aliphatic carbocycles.